The van der Waals surface area contributed by atoms with Crippen molar-refractivity contribution in [1.82, 2.24) is 10.6 Å². The molecule has 2 rings (SSSR count). The highest BCUT2D eigenvalue weighted by molar-refractivity contribution is 5.91. The molecule has 0 bridgehead atoms. The molecule has 0 saturated heterocycles. The lowest BCUT2D eigenvalue weighted by molar-refractivity contribution is -0.123. The first-order valence-electron chi connectivity index (χ1n) is 9.17. The van der Waals surface area contributed by atoms with E-state index in [4.69, 9.17) is 4.74 Å². The largest absolute Gasteiger partial charge is 0.484 e. The Morgan fingerprint density at radius 3 is 2.25 bits per heavy atom. The lowest BCUT2D eigenvalue weighted by Crippen LogP contribution is -2.28. The molecule has 148 valence electrons. The zero-order chi connectivity index (χ0) is 20.2. The molecule has 0 aliphatic carbocycles. The van der Waals surface area contributed by atoms with E-state index in [0.29, 0.717) is 24.4 Å². The Balaban J connectivity index is 1.67. The number of likely N-dealkylation sites (N-methyl/N-ethyl adjacent to an activating group) is 1. The summed E-state index contributed by atoms with van der Waals surface area (Å²) in [5, 5.41) is 8.13. The monoisotopic (exact) mass is 383 g/mol. The predicted molar refractivity (Wildman–Crippen MR) is 107 cm³/mol. The number of carbonyl (C=O) groups excluding carboxylic acids is 3. The quantitative estimate of drug-likeness (QED) is 0.584. The van der Waals surface area contributed by atoms with Crippen LogP contribution in [-0.4, -0.2) is 37.4 Å². The van der Waals surface area contributed by atoms with E-state index < -0.39 is 0 Å². The molecule has 2 aromatic carbocycles. The predicted octanol–water partition coefficient (Wildman–Crippen LogP) is 1.89. The van der Waals surface area contributed by atoms with E-state index in [-0.39, 0.29) is 37.3 Å². The first-order chi connectivity index (χ1) is 13.6. The number of rotatable bonds is 10. The maximum Gasteiger partial charge on any atom is 0.257 e. The summed E-state index contributed by atoms with van der Waals surface area (Å²) >= 11 is 0. The number of hydrogen-bond acceptors (Lipinski definition) is 4. The van der Waals surface area contributed by atoms with Crippen molar-refractivity contribution in [3.8, 4) is 5.75 Å². The van der Waals surface area contributed by atoms with E-state index >= 15 is 0 Å². The summed E-state index contributed by atoms with van der Waals surface area (Å²) in [7, 11) is 0. The molecule has 0 heterocycles. The van der Waals surface area contributed by atoms with E-state index in [1.807, 2.05) is 37.3 Å². The molecule has 2 aromatic rings. The zero-order valence-corrected chi connectivity index (χ0v) is 15.9. The van der Waals surface area contributed by atoms with Gasteiger partial charge in [0.15, 0.2) is 6.61 Å². The van der Waals surface area contributed by atoms with Gasteiger partial charge >= 0.3 is 0 Å². The Morgan fingerprint density at radius 1 is 0.857 bits per heavy atom. The first-order valence-corrected chi connectivity index (χ1v) is 9.17. The van der Waals surface area contributed by atoms with Crippen LogP contribution in [0.25, 0.3) is 0 Å². The van der Waals surface area contributed by atoms with Crippen molar-refractivity contribution >= 4 is 23.4 Å². The third kappa shape index (κ3) is 7.90. The number of anilines is 1. The van der Waals surface area contributed by atoms with Gasteiger partial charge in [0.05, 0.1) is 6.42 Å². The first kappa shape index (κ1) is 21.0. The molecule has 0 radical (unpaired) electrons. The SMILES string of the molecule is CCNC(=O)COc1ccc(NC(=O)CCNC(=O)Cc2ccccc2)cc1. The van der Waals surface area contributed by atoms with Crippen molar-refractivity contribution in [3.63, 3.8) is 0 Å². The number of nitrogens with one attached hydrogen (secondary N) is 3. The van der Waals surface area contributed by atoms with E-state index in [1.165, 1.54) is 0 Å². The molecule has 0 unspecified atom stereocenters. The molecule has 3 amide bonds. The van der Waals surface area contributed by atoms with Crippen LogP contribution >= 0.6 is 0 Å². The number of hydrogen-bond donors (Lipinski definition) is 3. The van der Waals surface area contributed by atoms with Gasteiger partial charge in [-0.2, -0.15) is 0 Å². The molecule has 7 nitrogen and oxygen atoms in total. The average Bonchev–Trinajstić information content (AvgIpc) is 2.68. The fraction of sp³-hybridized carbons (Fsp3) is 0.286. The van der Waals surface area contributed by atoms with Crippen LogP contribution < -0.4 is 20.7 Å². The minimum absolute atomic E-state index is 0.0533. The van der Waals surface area contributed by atoms with E-state index in [2.05, 4.69) is 16.0 Å². The minimum Gasteiger partial charge on any atom is -0.484 e. The molecule has 0 atom stereocenters. The highest BCUT2D eigenvalue weighted by Crippen LogP contribution is 2.15. The van der Waals surface area contributed by atoms with Gasteiger partial charge in [-0.1, -0.05) is 30.3 Å². The van der Waals surface area contributed by atoms with Crippen molar-refractivity contribution in [1.29, 1.82) is 0 Å². The molecular weight excluding hydrogens is 358 g/mol. The van der Waals surface area contributed by atoms with Gasteiger partial charge in [0.2, 0.25) is 11.8 Å². The lowest BCUT2D eigenvalue weighted by Gasteiger charge is -2.09. The molecular formula is C21H25N3O4. The third-order valence-corrected chi connectivity index (χ3v) is 3.76. The number of ether oxygens (including phenoxy) is 1. The van der Waals surface area contributed by atoms with Crippen LogP contribution in [0, 0.1) is 0 Å². The highest BCUT2D eigenvalue weighted by atomic mass is 16.5. The van der Waals surface area contributed by atoms with Crippen LogP contribution in [0.15, 0.2) is 54.6 Å². The van der Waals surface area contributed by atoms with E-state index in [1.54, 1.807) is 24.3 Å². The van der Waals surface area contributed by atoms with Gasteiger partial charge in [-0.3, -0.25) is 14.4 Å². The molecule has 0 aliphatic rings. The summed E-state index contributed by atoms with van der Waals surface area (Å²) < 4.78 is 5.35. The summed E-state index contributed by atoms with van der Waals surface area (Å²) in [6, 6.07) is 16.2. The van der Waals surface area contributed by atoms with Crippen LogP contribution in [0.4, 0.5) is 5.69 Å². The third-order valence-electron chi connectivity index (χ3n) is 3.76. The smallest absolute Gasteiger partial charge is 0.257 e. The molecule has 3 N–H and O–H groups in total. The van der Waals surface area contributed by atoms with Crippen molar-refractivity contribution in [2.24, 2.45) is 0 Å². The number of carbonyl (C=O) groups is 3. The maximum atomic E-state index is 12.0. The summed E-state index contributed by atoms with van der Waals surface area (Å²) in [5.74, 6) is 0.0373. The van der Waals surface area contributed by atoms with Crippen molar-refractivity contribution < 1.29 is 19.1 Å². The Hall–Kier alpha value is -3.35. The average molecular weight is 383 g/mol. The van der Waals surface area contributed by atoms with Gasteiger partial charge in [0.1, 0.15) is 5.75 Å². The second-order valence-corrected chi connectivity index (χ2v) is 6.08. The van der Waals surface area contributed by atoms with Gasteiger partial charge in [-0.05, 0) is 36.8 Å². The normalized spacial score (nSPS) is 10.0. The summed E-state index contributed by atoms with van der Waals surface area (Å²) in [6.07, 6.45) is 0.468. The van der Waals surface area contributed by atoms with Crippen LogP contribution in [0.5, 0.6) is 5.75 Å². The molecule has 0 fully saturated rings. The Morgan fingerprint density at radius 2 is 1.57 bits per heavy atom. The summed E-state index contributed by atoms with van der Waals surface area (Å²) in [6.45, 7) is 2.61. The fourth-order valence-electron chi connectivity index (χ4n) is 2.41. The highest BCUT2D eigenvalue weighted by Gasteiger charge is 2.06. The van der Waals surface area contributed by atoms with E-state index in [0.717, 1.165) is 5.56 Å². The Bertz CT molecular complexity index is 776. The summed E-state index contributed by atoms with van der Waals surface area (Å²) in [5.41, 5.74) is 1.55. The van der Waals surface area contributed by atoms with Crippen molar-refractivity contribution in [2.45, 2.75) is 19.8 Å². The van der Waals surface area contributed by atoms with Gasteiger partial charge < -0.3 is 20.7 Å². The molecule has 0 saturated carbocycles. The van der Waals surface area contributed by atoms with Gasteiger partial charge in [-0.15, -0.1) is 0 Å². The second kappa shape index (κ2) is 11.4. The second-order valence-electron chi connectivity index (χ2n) is 6.08. The minimum atomic E-state index is -0.198. The standard InChI is InChI=1S/C21H25N3O4/c1-2-22-21(27)15-28-18-10-8-17(9-11-18)24-19(25)12-13-23-20(26)14-16-6-4-3-5-7-16/h3-11H,2,12-15H2,1H3,(H,22,27)(H,23,26)(H,24,25). The van der Waals surface area contributed by atoms with Crippen molar-refractivity contribution in [3.05, 3.63) is 60.2 Å². The summed E-state index contributed by atoms with van der Waals surface area (Å²) in [4.78, 5) is 35.2. The van der Waals surface area contributed by atoms with Crippen LogP contribution in [0.1, 0.15) is 18.9 Å². The molecule has 28 heavy (non-hydrogen) atoms. The number of benzene rings is 2. The number of amides is 3. The van der Waals surface area contributed by atoms with Crippen LogP contribution in [0.2, 0.25) is 0 Å². The Kier molecular flexibility index (Phi) is 8.52. The van der Waals surface area contributed by atoms with Gasteiger partial charge in [0.25, 0.3) is 5.91 Å². The van der Waals surface area contributed by atoms with E-state index in [9.17, 15) is 14.4 Å². The topological polar surface area (TPSA) is 96.5 Å². The molecule has 7 heteroatoms. The molecule has 0 aromatic heterocycles. The fourth-order valence-corrected chi connectivity index (χ4v) is 2.41. The maximum absolute atomic E-state index is 12.0. The zero-order valence-electron chi connectivity index (χ0n) is 15.9. The van der Waals surface area contributed by atoms with Gasteiger partial charge in [0, 0.05) is 25.2 Å². The van der Waals surface area contributed by atoms with Crippen molar-refractivity contribution in [2.75, 3.05) is 25.0 Å². The molecule has 0 aliphatic heterocycles. The Labute approximate surface area is 164 Å². The van der Waals surface area contributed by atoms with Crippen LogP contribution in [-0.2, 0) is 20.8 Å². The van der Waals surface area contributed by atoms with Crippen LogP contribution in [0.3, 0.4) is 0 Å². The van der Waals surface area contributed by atoms with Gasteiger partial charge in [-0.25, -0.2) is 0 Å². The molecule has 0 spiro atoms. The lowest BCUT2D eigenvalue weighted by atomic mass is 10.1.